The molecule has 0 fully saturated rings. The van der Waals surface area contributed by atoms with Gasteiger partial charge < -0.3 is 14.5 Å². The Morgan fingerprint density at radius 2 is 2.06 bits per heavy atom. The van der Waals surface area contributed by atoms with Gasteiger partial charge in [-0.25, -0.2) is 4.39 Å². The molecule has 0 spiro atoms. The maximum absolute atomic E-state index is 13.2. The van der Waals surface area contributed by atoms with Gasteiger partial charge in [-0.3, -0.25) is 9.48 Å². The van der Waals surface area contributed by atoms with Crippen LogP contribution in [0.15, 0.2) is 75.9 Å². The summed E-state index contributed by atoms with van der Waals surface area (Å²) in [4.78, 5) is 12.5. The molecule has 2 heterocycles. The Morgan fingerprint density at radius 1 is 1.23 bits per heavy atom. The second-order valence-corrected chi connectivity index (χ2v) is 7.86. The third-order valence-electron chi connectivity index (χ3n) is 4.33. The van der Waals surface area contributed by atoms with Crippen molar-refractivity contribution in [3.8, 4) is 5.75 Å². The normalized spacial score (nSPS) is 10.8. The topological polar surface area (TPSA) is 69.3 Å². The number of amides is 1. The maximum Gasteiger partial charge on any atom is 0.291 e. The highest BCUT2D eigenvalue weighted by molar-refractivity contribution is 9.10. The van der Waals surface area contributed by atoms with E-state index < -0.39 is 11.7 Å². The molecule has 6 nitrogen and oxygen atoms in total. The van der Waals surface area contributed by atoms with E-state index in [2.05, 4.69) is 26.3 Å². The second-order valence-electron chi connectivity index (χ2n) is 6.60. The van der Waals surface area contributed by atoms with Crippen molar-refractivity contribution >= 4 is 39.1 Å². The van der Waals surface area contributed by atoms with Gasteiger partial charge in [0.25, 0.3) is 5.91 Å². The van der Waals surface area contributed by atoms with E-state index in [1.54, 1.807) is 29.1 Å². The molecule has 0 radical (unpaired) electrons. The van der Waals surface area contributed by atoms with Gasteiger partial charge in [0.1, 0.15) is 23.9 Å². The minimum absolute atomic E-state index is 0.153. The van der Waals surface area contributed by atoms with Crippen LogP contribution in [0, 0.1) is 5.82 Å². The number of carbonyl (C=O) groups excluding carboxylic acids is 1. The highest BCUT2D eigenvalue weighted by Gasteiger charge is 2.14. The standard InChI is InChI=1S/C22H16BrClFN3O3/c23-18-3-1-2-4-20(18)30-13-17-7-8-21(31-17)22(29)27-16-10-26-28(12-16)11-14-5-6-15(25)9-19(14)24/h1-10,12H,11,13H2,(H,27,29). The molecule has 0 aliphatic rings. The molecule has 0 saturated carbocycles. The van der Waals surface area contributed by atoms with Gasteiger partial charge in [-0.05, 0) is 57.9 Å². The zero-order chi connectivity index (χ0) is 21.8. The highest BCUT2D eigenvalue weighted by Crippen LogP contribution is 2.25. The van der Waals surface area contributed by atoms with Gasteiger partial charge >= 0.3 is 0 Å². The molecule has 9 heteroatoms. The fourth-order valence-corrected chi connectivity index (χ4v) is 3.45. The minimum atomic E-state index is -0.411. The number of aromatic nitrogens is 2. The van der Waals surface area contributed by atoms with Crippen LogP contribution >= 0.6 is 27.5 Å². The van der Waals surface area contributed by atoms with Crippen LogP contribution < -0.4 is 10.1 Å². The third kappa shape index (κ3) is 5.34. The van der Waals surface area contributed by atoms with Gasteiger partial charge in [-0.1, -0.05) is 29.8 Å². The van der Waals surface area contributed by atoms with Crippen LogP contribution in [0.5, 0.6) is 5.75 Å². The van der Waals surface area contributed by atoms with E-state index in [-0.39, 0.29) is 12.4 Å². The molecule has 0 unspecified atom stereocenters. The Labute approximate surface area is 190 Å². The number of nitrogens with one attached hydrogen (secondary N) is 1. The summed E-state index contributed by atoms with van der Waals surface area (Å²) < 4.78 is 26.9. The fraction of sp³-hybridized carbons (Fsp3) is 0.0909. The van der Waals surface area contributed by atoms with Crippen LogP contribution in [0.25, 0.3) is 0 Å². The zero-order valence-electron chi connectivity index (χ0n) is 16.0. The van der Waals surface area contributed by atoms with E-state index >= 15 is 0 Å². The first-order chi connectivity index (χ1) is 15.0. The molecule has 1 N–H and O–H groups in total. The van der Waals surface area contributed by atoms with Crippen molar-refractivity contribution in [2.24, 2.45) is 0 Å². The number of benzene rings is 2. The van der Waals surface area contributed by atoms with Crippen molar-refractivity contribution in [3.63, 3.8) is 0 Å². The maximum atomic E-state index is 13.2. The summed E-state index contributed by atoms with van der Waals surface area (Å²) in [5.74, 6) is 0.537. The lowest BCUT2D eigenvalue weighted by Gasteiger charge is -2.06. The van der Waals surface area contributed by atoms with E-state index in [0.29, 0.717) is 34.3 Å². The zero-order valence-corrected chi connectivity index (χ0v) is 18.4. The van der Waals surface area contributed by atoms with Crippen molar-refractivity contribution in [2.45, 2.75) is 13.2 Å². The number of anilines is 1. The molecule has 0 saturated heterocycles. The molecule has 4 aromatic rings. The SMILES string of the molecule is O=C(Nc1cnn(Cc2ccc(F)cc2Cl)c1)c1ccc(COc2ccccc2Br)o1. The summed E-state index contributed by atoms with van der Waals surface area (Å²) in [5, 5.41) is 7.23. The van der Waals surface area contributed by atoms with Crippen molar-refractivity contribution in [1.82, 2.24) is 9.78 Å². The van der Waals surface area contributed by atoms with E-state index in [4.69, 9.17) is 20.8 Å². The van der Waals surface area contributed by atoms with Gasteiger partial charge in [0.2, 0.25) is 0 Å². The van der Waals surface area contributed by atoms with Gasteiger partial charge in [-0.2, -0.15) is 5.10 Å². The van der Waals surface area contributed by atoms with Crippen LogP contribution in [-0.2, 0) is 13.2 Å². The summed E-state index contributed by atoms with van der Waals surface area (Å²) in [6, 6.07) is 14.9. The molecule has 158 valence electrons. The number of rotatable bonds is 7. The number of para-hydroxylation sites is 1. The van der Waals surface area contributed by atoms with Gasteiger partial charge in [0.05, 0.1) is 22.9 Å². The Morgan fingerprint density at radius 3 is 2.87 bits per heavy atom. The minimum Gasteiger partial charge on any atom is -0.484 e. The highest BCUT2D eigenvalue weighted by atomic mass is 79.9. The molecule has 0 aliphatic carbocycles. The van der Waals surface area contributed by atoms with Gasteiger partial charge in [0.15, 0.2) is 5.76 Å². The molecular formula is C22H16BrClFN3O3. The first kappa shape index (κ1) is 21.1. The van der Waals surface area contributed by atoms with Crippen LogP contribution in [0.1, 0.15) is 21.9 Å². The lowest BCUT2D eigenvalue weighted by molar-refractivity contribution is 0.0992. The molecule has 0 aliphatic heterocycles. The fourth-order valence-electron chi connectivity index (χ4n) is 2.82. The molecule has 31 heavy (non-hydrogen) atoms. The lowest BCUT2D eigenvalue weighted by atomic mass is 10.2. The Balaban J connectivity index is 1.35. The summed E-state index contributed by atoms with van der Waals surface area (Å²) >= 11 is 9.46. The third-order valence-corrected chi connectivity index (χ3v) is 5.34. The monoisotopic (exact) mass is 503 g/mol. The molecule has 2 aromatic heterocycles. The van der Waals surface area contributed by atoms with E-state index in [1.807, 2.05) is 24.3 Å². The first-order valence-electron chi connectivity index (χ1n) is 9.22. The molecule has 0 bridgehead atoms. The van der Waals surface area contributed by atoms with Gasteiger partial charge in [0, 0.05) is 11.2 Å². The Kier molecular flexibility index (Phi) is 6.39. The van der Waals surface area contributed by atoms with E-state index in [1.165, 1.54) is 18.3 Å². The average Bonchev–Trinajstić information content (AvgIpc) is 3.39. The molecule has 1 amide bonds. The lowest BCUT2D eigenvalue weighted by Crippen LogP contribution is -2.10. The number of ether oxygens (including phenoxy) is 1. The van der Waals surface area contributed by atoms with Crippen LogP contribution in [0.4, 0.5) is 10.1 Å². The smallest absolute Gasteiger partial charge is 0.291 e. The summed E-state index contributed by atoms with van der Waals surface area (Å²) in [5.41, 5.74) is 1.20. The molecular weight excluding hydrogens is 489 g/mol. The predicted octanol–water partition coefficient (Wildman–Crippen LogP) is 5.91. The van der Waals surface area contributed by atoms with E-state index in [9.17, 15) is 9.18 Å². The molecule has 2 aromatic carbocycles. The van der Waals surface area contributed by atoms with Crippen LogP contribution in [0.2, 0.25) is 5.02 Å². The number of hydrogen-bond donors (Lipinski definition) is 1. The van der Waals surface area contributed by atoms with Crippen molar-refractivity contribution < 1.29 is 18.3 Å². The van der Waals surface area contributed by atoms with Gasteiger partial charge in [-0.15, -0.1) is 0 Å². The molecule has 4 rings (SSSR count). The average molecular weight is 505 g/mol. The second kappa shape index (κ2) is 9.36. The predicted molar refractivity (Wildman–Crippen MR) is 118 cm³/mol. The van der Waals surface area contributed by atoms with Crippen LogP contribution in [0.3, 0.4) is 0 Å². The number of carbonyl (C=O) groups is 1. The summed E-state index contributed by atoms with van der Waals surface area (Å²) in [7, 11) is 0. The largest absolute Gasteiger partial charge is 0.484 e. The van der Waals surface area contributed by atoms with Crippen molar-refractivity contribution in [1.29, 1.82) is 0 Å². The number of furan rings is 1. The quantitative estimate of drug-likeness (QED) is 0.340. The van der Waals surface area contributed by atoms with Crippen LogP contribution in [-0.4, -0.2) is 15.7 Å². The number of nitrogens with zero attached hydrogens (tertiary/aromatic N) is 2. The summed E-state index contributed by atoms with van der Waals surface area (Å²) in [6.45, 7) is 0.526. The number of halogens is 3. The Bertz CT molecular complexity index is 1220. The number of hydrogen-bond acceptors (Lipinski definition) is 4. The Hall–Kier alpha value is -3.10. The summed E-state index contributed by atoms with van der Waals surface area (Å²) in [6.07, 6.45) is 3.16. The van der Waals surface area contributed by atoms with E-state index in [0.717, 1.165) is 4.47 Å². The van der Waals surface area contributed by atoms with Crippen molar-refractivity contribution in [2.75, 3.05) is 5.32 Å². The first-order valence-corrected chi connectivity index (χ1v) is 10.4. The van der Waals surface area contributed by atoms with Crippen molar-refractivity contribution in [3.05, 3.63) is 99.4 Å². The molecule has 0 atom stereocenters.